The lowest BCUT2D eigenvalue weighted by Crippen LogP contribution is -2.14. The third-order valence-electron chi connectivity index (χ3n) is 4.51. The molecule has 1 atom stereocenters. The molecule has 3 aromatic rings. The fourth-order valence-electron chi connectivity index (χ4n) is 3.20. The smallest absolute Gasteiger partial charge is 0.248 e. The van der Waals surface area contributed by atoms with Gasteiger partial charge in [0.2, 0.25) is 5.91 Å². The Hall–Kier alpha value is -2.92. The number of aryl methyl sites for hydroxylation is 3. The van der Waals surface area contributed by atoms with Crippen molar-refractivity contribution in [3.63, 3.8) is 0 Å². The Balaban J connectivity index is 2.08. The molecule has 3 N–H and O–H groups in total. The van der Waals surface area contributed by atoms with Crippen LogP contribution in [0.1, 0.15) is 44.3 Å². The van der Waals surface area contributed by atoms with Crippen molar-refractivity contribution < 1.29 is 9.90 Å². The van der Waals surface area contributed by atoms with Gasteiger partial charge in [-0.25, -0.2) is 4.98 Å². The summed E-state index contributed by atoms with van der Waals surface area (Å²) in [6.45, 7) is 5.73. The molecule has 5 heteroatoms. The number of aliphatic hydroxyl groups excluding tert-OH is 1. The maximum Gasteiger partial charge on any atom is 0.248 e. The van der Waals surface area contributed by atoms with Gasteiger partial charge in [0.05, 0.1) is 6.33 Å². The molecular weight excluding hydrogens is 314 g/mol. The number of carbonyl (C=O) groups is 1. The zero-order chi connectivity index (χ0) is 18.1. The molecule has 2 aromatic carbocycles. The third kappa shape index (κ3) is 3.19. The molecule has 0 bridgehead atoms. The number of aromatic nitrogens is 2. The summed E-state index contributed by atoms with van der Waals surface area (Å²) in [5.41, 5.74) is 11.1. The standard InChI is InChI=1S/C20H21N3O2/c1-12-4-5-16(23-7-6-22-11-23)10-17(12)19(24)18-13(2)8-15(20(21)25)9-14(18)3/h4-11,19,24H,1-3H3,(H2,21,25). The topological polar surface area (TPSA) is 81.1 Å². The second-order valence-corrected chi connectivity index (χ2v) is 6.30. The van der Waals surface area contributed by atoms with Crippen molar-refractivity contribution in [1.29, 1.82) is 0 Å². The van der Waals surface area contributed by atoms with E-state index in [1.807, 2.05) is 49.7 Å². The fourth-order valence-corrected chi connectivity index (χ4v) is 3.20. The summed E-state index contributed by atoms with van der Waals surface area (Å²) in [5.74, 6) is -0.467. The van der Waals surface area contributed by atoms with Crippen molar-refractivity contribution in [2.45, 2.75) is 26.9 Å². The van der Waals surface area contributed by atoms with Crippen LogP contribution in [0.15, 0.2) is 49.1 Å². The summed E-state index contributed by atoms with van der Waals surface area (Å²) in [7, 11) is 0. The summed E-state index contributed by atoms with van der Waals surface area (Å²) in [6.07, 6.45) is 4.51. The predicted octanol–water partition coefficient (Wildman–Crippen LogP) is 2.98. The van der Waals surface area contributed by atoms with Gasteiger partial charge in [0.15, 0.2) is 0 Å². The van der Waals surface area contributed by atoms with Crippen molar-refractivity contribution in [2.75, 3.05) is 0 Å². The Labute approximate surface area is 146 Å². The first-order valence-electron chi connectivity index (χ1n) is 8.06. The molecule has 1 amide bonds. The van der Waals surface area contributed by atoms with Crippen molar-refractivity contribution in [1.82, 2.24) is 9.55 Å². The van der Waals surface area contributed by atoms with Gasteiger partial charge in [-0.3, -0.25) is 4.79 Å². The van der Waals surface area contributed by atoms with Gasteiger partial charge in [-0.05, 0) is 72.9 Å². The lowest BCUT2D eigenvalue weighted by atomic mass is 9.89. The van der Waals surface area contributed by atoms with Gasteiger partial charge in [0.25, 0.3) is 0 Å². The van der Waals surface area contributed by atoms with Gasteiger partial charge in [0, 0.05) is 23.6 Å². The summed E-state index contributed by atoms with van der Waals surface area (Å²) < 4.78 is 1.89. The van der Waals surface area contributed by atoms with Gasteiger partial charge >= 0.3 is 0 Å². The molecule has 128 valence electrons. The molecule has 0 aliphatic rings. The van der Waals surface area contributed by atoms with Crippen LogP contribution >= 0.6 is 0 Å². The Morgan fingerprint density at radius 3 is 2.36 bits per heavy atom. The highest BCUT2D eigenvalue weighted by Crippen LogP contribution is 2.31. The number of hydrogen-bond acceptors (Lipinski definition) is 3. The highest BCUT2D eigenvalue weighted by molar-refractivity contribution is 5.93. The Kier molecular flexibility index (Phi) is 4.42. The van der Waals surface area contributed by atoms with E-state index in [1.165, 1.54) is 0 Å². The first-order chi connectivity index (χ1) is 11.9. The van der Waals surface area contributed by atoms with E-state index in [2.05, 4.69) is 4.98 Å². The van der Waals surface area contributed by atoms with Crippen LogP contribution in [0.25, 0.3) is 5.69 Å². The number of aliphatic hydroxyl groups is 1. The largest absolute Gasteiger partial charge is 0.384 e. The van der Waals surface area contributed by atoms with Crippen LogP contribution in [0.3, 0.4) is 0 Å². The minimum absolute atomic E-state index is 0.454. The van der Waals surface area contributed by atoms with Crippen molar-refractivity contribution >= 4 is 5.91 Å². The normalized spacial score (nSPS) is 12.2. The first kappa shape index (κ1) is 16.9. The van der Waals surface area contributed by atoms with Crippen LogP contribution in [0, 0.1) is 20.8 Å². The number of amides is 1. The predicted molar refractivity (Wildman–Crippen MR) is 96.8 cm³/mol. The number of imidazole rings is 1. The van der Waals surface area contributed by atoms with E-state index in [1.54, 1.807) is 24.7 Å². The quantitative estimate of drug-likeness (QED) is 0.769. The minimum Gasteiger partial charge on any atom is -0.384 e. The van der Waals surface area contributed by atoms with E-state index in [0.717, 1.165) is 33.5 Å². The molecular formula is C20H21N3O2. The van der Waals surface area contributed by atoms with Crippen LogP contribution in [-0.2, 0) is 0 Å². The molecule has 0 saturated carbocycles. The maximum atomic E-state index is 11.4. The Bertz CT molecular complexity index is 907. The molecule has 5 nitrogen and oxygen atoms in total. The van der Waals surface area contributed by atoms with E-state index < -0.39 is 12.0 Å². The van der Waals surface area contributed by atoms with Crippen LogP contribution in [0.4, 0.5) is 0 Å². The highest BCUT2D eigenvalue weighted by Gasteiger charge is 2.19. The van der Waals surface area contributed by atoms with E-state index in [-0.39, 0.29) is 0 Å². The number of nitrogens with two attached hydrogens (primary N) is 1. The highest BCUT2D eigenvalue weighted by atomic mass is 16.3. The van der Waals surface area contributed by atoms with Gasteiger partial charge in [0.1, 0.15) is 6.10 Å². The molecule has 1 heterocycles. The van der Waals surface area contributed by atoms with Gasteiger partial charge < -0.3 is 15.4 Å². The molecule has 25 heavy (non-hydrogen) atoms. The number of nitrogens with zero attached hydrogens (tertiary/aromatic N) is 2. The van der Waals surface area contributed by atoms with E-state index >= 15 is 0 Å². The zero-order valence-corrected chi connectivity index (χ0v) is 14.5. The SMILES string of the molecule is Cc1ccc(-n2ccnc2)cc1C(O)c1c(C)cc(C(N)=O)cc1C. The van der Waals surface area contributed by atoms with E-state index in [4.69, 9.17) is 5.73 Å². The average Bonchev–Trinajstić information content (AvgIpc) is 3.08. The average molecular weight is 335 g/mol. The molecule has 1 aromatic heterocycles. The number of carbonyl (C=O) groups excluding carboxylic acids is 1. The molecule has 0 aliphatic carbocycles. The van der Waals surface area contributed by atoms with E-state index in [9.17, 15) is 9.90 Å². The molecule has 0 fully saturated rings. The van der Waals surface area contributed by atoms with Crippen LogP contribution in [0.2, 0.25) is 0 Å². The summed E-state index contributed by atoms with van der Waals surface area (Å²) in [4.78, 5) is 15.5. The molecule has 0 aliphatic heterocycles. The van der Waals surface area contributed by atoms with Gasteiger partial charge in [-0.1, -0.05) is 6.07 Å². The first-order valence-corrected chi connectivity index (χ1v) is 8.06. The van der Waals surface area contributed by atoms with Gasteiger partial charge in [-0.2, -0.15) is 0 Å². The summed E-state index contributed by atoms with van der Waals surface area (Å²) in [5, 5.41) is 11.0. The molecule has 1 unspecified atom stereocenters. The maximum absolute atomic E-state index is 11.4. The molecule has 0 saturated heterocycles. The Morgan fingerprint density at radius 2 is 1.80 bits per heavy atom. The van der Waals surface area contributed by atoms with E-state index in [0.29, 0.717) is 5.56 Å². The summed E-state index contributed by atoms with van der Waals surface area (Å²) in [6, 6.07) is 9.38. The monoisotopic (exact) mass is 335 g/mol. The number of benzene rings is 2. The number of hydrogen-bond donors (Lipinski definition) is 2. The molecule has 3 rings (SSSR count). The molecule has 0 radical (unpaired) electrons. The second kappa shape index (κ2) is 6.53. The van der Waals surface area contributed by atoms with Gasteiger partial charge in [-0.15, -0.1) is 0 Å². The minimum atomic E-state index is -0.787. The van der Waals surface area contributed by atoms with Crippen molar-refractivity contribution in [2.24, 2.45) is 5.73 Å². The fraction of sp³-hybridized carbons (Fsp3) is 0.200. The molecule has 0 spiro atoms. The van der Waals surface area contributed by atoms with Crippen LogP contribution in [-0.4, -0.2) is 20.6 Å². The lowest BCUT2D eigenvalue weighted by molar-refractivity contribution is 0.1000. The number of rotatable bonds is 4. The number of primary amides is 1. The van der Waals surface area contributed by atoms with Crippen molar-refractivity contribution in [3.05, 3.63) is 82.4 Å². The zero-order valence-electron chi connectivity index (χ0n) is 14.5. The van der Waals surface area contributed by atoms with Crippen LogP contribution in [0.5, 0.6) is 0 Å². The lowest BCUT2D eigenvalue weighted by Gasteiger charge is -2.20. The van der Waals surface area contributed by atoms with Crippen LogP contribution < -0.4 is 5.73 Å². The third-order valence-corrected chi connectivity index (χ3v) is 4.51. The summed E-state index contributed by atoms with van der Waals surface area (Å²) >= 11 is 0. The van der Waals surface area contributed by atoms with Crippen molar-refractivity contribution in [3.8, 4) is 5.69 Å². The Morgan fingerprint density at radius 1 is 1.12 bits per heavy atom. The second-order valence-electron chi connectivity index (χ2n) is 6.30.